The fourth-order valence-corrected chi connectivity index (χ4v) is 3.12. The van der Waals surface area contributed by atoms with Gasteiger partial charge in [0, 0.05) is 32.6 Å². The normalized spacial score (nSPS) is 14.4. The minimum atomic E-state index is 0.0997. The predicted molar refractivity (Wildman–Crippen MR) is 107 cm³/mol. The topological polar surface area (TPSA) is 69.9 Å². The lowest BCUT2D eigenvalue weighted by Crippen LogP contribution is -2.40. The molecule has 6 nitrogen and oxygen atoms in total. The van der Waals surface area contributed by atoms with E-state index in [2.05, 4.69) is 27.8 Å². The van der Waals surface area contributed by atoms with Crippen LogP contribution in [0.3, 0.4) is 0 Å². The van der Waals surface area contributed by atoms with Crippen LogP contribution < -0.4 is 10.6 Å². The maximum absolute atomic E-state index is 12.3. The predicted octanol–water partition coefficient (Wildman–Crippen LogP) is 2.22. The van der Waals surface area contributed by atoms with Crippen molar-refractivity contribution in [1.82, 2.24) is 15.5 Å². The third kappa shape index (κ3) is 6.47. The second-order valence-corrected chi connectivity index (χ2v) is 6.67. The molecule has 0 radical (unpaired) electrons. The summed E-state index contributed by atoms with van der Waals surface area (Å²) in [5, 5.41) is 6.63. The molecule has 0 unspecified atom stereocenters. The van der Waals surface area contributed by atoms with Gasteiger partial charge in [-0.05, 0) is 37.0 Å². The molecule has 1 amide bonds. The van der Waals surface area contributed by atoms with Gasteiger partial charge in [0.15, 0.2) is 5.96 Å². The number of hydrogen-bond donors (Lipinski definition) is 2. The minimum absolute atomic E-state index is 0.0997. The number of nitrogens with zero attached hydrogens (tertiary/aromatic N) is 2. The molecule has 1 aromatic carbocycles. The fraction of sp³-hybridized carbons (Fsp3) is 0.429. The highest BCUT2D eigenvalue weighted by Crippen LogP contribution is 2.07. The number of rotatable bonds is 8. The minimum Gasteiger partial charge on any atom is -0.469 e. The zero-order valence-corrected chi connectivity index (χ0v) is 15.7. The van der Waals surface area contributed by atoms with Crippen LogP contribution >= 0.6 is 0 Å². The number of furan rings is 1. The maximum atomic E-state index is 12.3. The van der Waals surface area contributed by atoms with Crippen molar-refractivity contribution in [3.8, 4) is 0 Å². The highest BCUT2D eigenvalue weighted by molar-refractivity contribution is 5.85. The van der Waals surface area contributed by atoms with Crippen molar-refractivity contribution in [1.29, 1.82) is 0 Å². The molecule has 0 atom stereocenters. The van der Waals surface area contributed by atoms with Crippen LogP contribution in [0.1, 0.15) is 24.2 Å². The molecule has 2 heterocycles. The first-order valence-corrected chi connectivity index (χ1v) is 9.67. The van der Waals surface area contributed by atoms with Crippen LogP contribution in [0, 0.1) is 0 Å². The van der Waals surface area contributed by atoms with E-state index in [9.17, 15) is 4.79 Å². The first kappa shape index (κ1) is 19.0. The van der Waals surface area contributed by atoms with Crippen LogP contribution in [0.2, 0.25) is 0 Å². The number of carbonyl (C=O) groups excluding carboxylic acids is 1. The van der Waals surface area contributed by atoms with Crippen molar-refractivity contribution in [2.45, 2.75) is 25.7 Å². The van der Waals surface area contributed by atoms with Crippen LogP contribution in [0.15, 0.2) is 58.1 Å². The molecule has 0 spiro atoms. The molecule has 1 aromatic heterocycles. The molecule has 1 saturated heterocycles. The third-order valence-electron chi connectivity index (χ3n) is 4.62. The maximum Gasteiger partial charge on any atom is 0.244 e. The molecule has 1 aliphatic rings. The lowest BCUT2D eigenvalue weighted by atomic mass is 10.1. The van der Waals surface area contributed by atoms with Gasteiger partial charge in [-0.3, -0.25) is 4.79 Å². The van der Waals surface area contributed by atoms with Crippen LogP contribution in [-0.2, 0) is 17.6 Å². The summed E-state index contributed by atoms with van der Waals surface area (Å²) >= 11 is 0. The molecule has 2 N–H and O–H groups in total. The first-order valence-electron chi connectivity index (χ1n) is 9.67. The van der Waals surface area contributed by atoms with Gasteiger partial charge in [-0.2, -0.15) is 0 Å². The number of hydrogen-bond acceptors (Lipinski definition) is 3. The van der Waals surface area contributed by atoms with Crippen molar-refractivity contribution in [2.75, 3.05) is 32.7 Å². The van der Waals surface area contributed by atoms with E-state index in [1.54, 1.807) is 6.26 Å². The van der Waals surface area contributed by atoms with Crippen LogP contribution in [-0.4, -0.2) is 49.5 Å². The molecule has 1 fully saturated rings. The van der Waals surface area contributed by atoms with Crippen LogP contribution in [0.5, 0.6) is 0 Å². The molecule has 0 saturated carbocycles. The molecular formula is C21H28N4O2. The third-order valence-corrected chi connectivity index (χ3v) is 4.62. The molecule has 1 aliphatic heterocycles. The Morgan fingerprint density at radius 3 is 2.44 bits per heavy atom. The monoisotopic (exact) mass is 368 g/mol. The van der Waals surface area contributed by atoms with E-state index in [0.717, 1.165) is 51.1 Å². The lowest BCUT2D eigenvalue weighted by Gasteiger charge is -2.15. The fourth-order valence-electron chi connectivity index (χ4n) is 3.12. The highest BCUT2D eigenvalue weighted by Gasteiger charge is 2.17. The summed E-state index contributed by atoms with van der Waals surface area (Å²) in [5.74, 6) is 1.70. The Morgan fingerprint density at radius 1 is 1.00 bits per heavy atom. The Labute approximate surface area is 160 Å². The van der Waals surface area contributed by atoms with Crippen molar-refractivity contribution >= 4 is 11.9 Å². The Hall–Kier alpha value is -2.76. The number of aliphatic imine (C=N–C) groups is 1. The summed E-state index contributed by atoms with van der Waals surface area (Å²) in [6.45, 7) is 3.35. The van der Waals surface area contributed by atoms with E-state index in [4.69, 9.17) is 4.42 Å². The number of carbonyl (C=O) groups is 1. The zero-order chi connectivity index (χ0) is 18.7. The molecule has 2 aromatic rings. The van der Waals surface area contributed by atoms with E-state index in [1.165, 1.54) is 5.56 Å². The molecule has 3 rings (SSSR count). The average molecular weight is 368 g/mol. The largest absolute Gasteiger partial charge is 0.469 e. The summed E-state index contributed by atoms with van der Waals surface area (Å²) in [6.07, 6.45) is 5.54. The van der Waals surface area contributed by atoms with Crippen molar-refractivity contribution in [3.63, 3.8) is 0 Å². The summed E-state index contributed by atoms with van der Waals surface area (Å²) in [4.78, 5) is 18.6. The highest BCUT2D eigenvalue weighted by atomic mass is 16.3. The Balaban J connectivity index is 1.49. The number of nitrogens with one attached hydrogen (secondary N) is 2. The average Bonchev–Trinajstić information content (AvgIpc) is 3.40. The number of likely N-dealkylation sites (tertiary alicyclic amines) is 1. The van der Waals surface area contributed by atoms with Crippen molar-refractivity contribution < 1.29 is 9.21 Å². The Kier molecular flexibility index (Phi) is 7.33. The van der Waals surface area contributed by atoms with Gasteiger partial charge < -0.3 is 20.0 Å². The van der Waals surface area contributed by atoms with E-state index in [0.29, 0.717) is 12.5 Å². The van der Waals surface area contributed by atoms with Gasteiger partial charge in [-0.15, -0.1) is 0 Å². The first-order chi connectivity index (χ1) is 13.3. The van der Waals surface area contributed by atoms with Gasteiger partial charge in [-0.1, -0.05) is 30.3 Å². The number of guanidine groups is 1. The van der Waals surface area contributed by atoms with E-state index >= 15 is 0 Å². The Bertz CT molecular complexity index is 707. The number of amides is 1. The van der Waals surface area contributed by atoms with E-state index < -0.39 is 0 Å². The van der Waals surface area contributed by atoms with Gasteiger partial charge >= 0.3 is 0 Å². The molecule has 0 bridgehead atoms. The van der Waals surface area contributed by atoms with Gasteiger partial charge in [0.05, 0.1) is 6.26 Å². The van der Waals surface area contributed by atoms with Crippen molar-refractivity contribution in [2.24, 2.45) is 4.99 Å². The van der Waals surface area contributed by atoms with Crippen molar-refractivity contribution in [3.05, 3.63) is 60.1 Å². The van der Waals surface area contributed by atoms with Gasteiger partial charge in [0.25, 0.3) is 0 Å². The lowest BCUT2D eigenvalue weighted by molar-refractivity contribution is -0.128. The van der Waals surface area contributed by atoms with Gasteiger partial charge in [0.2, 0.25) is 5.91 Å². The summed E-state index contributed by atoms with van der Waals surface area (Å²) in [5.41, 5.74) is 1.27. The molecule has 6 heteroatoms. The molecule has 144 valence electrons. The van der Waals surface area contributed by atoms with E-state index in [1.807, 2.05) is 35.2 Å². The summed E-state index contributed by atoms with van der Waals surface area (Å²) in [6, 6.07) is 14.2. The molecule has 27 heavy (non-hydrogen) atoms. The zero-order valence-electron chi connectivity index (χ0n) is 15.7. The van der Waals surface area contributed by atoms with Gasteiger partial charge in [0.1, 0.15) is 12.3 Å². The second-order valence-electron chi connectivity index (χ2n) is 6.67. The SMILES string of the molecule is O=C(CN=C(NCCc1ccccc1)NCCc1ccco1)N1CCCC1. The van der Waals surface area contributed by atoms with Gasteiger partial charge in [-0.25, -0.2) is 4.99 Å². The second kappa shape index (κ2) is 10.4. The van der Waals surface area contributed by atoms with E-state index in [-0.39, 0.29) is 12.5 Å². The summed E-state index contributed by atoms with van der Waals surface area (Å²) in [7, 11) is 0. The quantitative estimate of drug-likeness (QED) is 0.554. The van der Waals surface area contributed by atoms with Crippen LogP contribution in [0.4, 0.5) is 0 Å². The summed E-state index contributed by atoms with van der Waals surface area (Å²) < 4.78 is 5.36. The molecule has 0 aliphatic carbocycles. The Morgan fingerprint density at radius 2 is 1.74 bits per heavy atom. The van der Waals surface area contributed by atoms with Crippen LogP contribution in [0.25, 0.3) is 0 Å². The standard InChI is InChI=1S/C21H28N4O2/c26-20(25-14-4-5-15-25)17-24-21(23-13-11-19-9-6-16-27-19)22-12-10-18-7-2-1-3-8-18/h1-3,6-9,16H,4-5,10-15,17H2,(H2,22,23,24). The smallest absolute Gasteiger partial charge is 0.244 e. The molecular weight excluding hydrogens is 340 g/mol. The number of benzene rings is 1.